The molecule has 1 atom stereocenters. The number of rotatable bonds is 6. The summed E-state index contributed by atoms with van der Waals surface area (Å²) in [4.78, 5) is 2.78. The van der Waals surface area contributed by atoms with Crippen molar-refractivity contribution in [2.45, 2.75) is 64.7 Å². The Hall–Kier alpha value is -0.933. The maximum Gasteiger partial charge on any atom is 0.249 e. The van der Waals surface area contributed by atoms with E-state index in [1.165, 1.54) is 0 Å². The van der Waals surface area contributed by atoms with E-state index in [9.17, 15) is 0 Å². The summed E-state index contributed by atoms with van der Waals surface area (Å²) in [5, 5.41) is 3.86. The van der Waals surface area contributed by atoms with Gasteiger partial charge in [0, 0.05) is 11.0 Å². The predicted molar refractivity (Wildman–Crippen MR) is 75.3 cm³/mol. The molecule has 0 bridgehead atoms. The highest BCUT2D eigenvalue weighted by molar-refractivity contribution is 6.74. The fraction of sp³-hybridized carbons (Fsp3) is 0.833. The van der Waals surface area contributed by atoms with E-state index in [0.717, 1.165) is 12.8 Å². The minimum atomic E-state index is -1.67. The molecule has 0 fully saturated rings. The van der Waals surface area contributed by atoms with Crippen molar-refractivity contribution >= 4 is 8.32 Å². The summed E-state index contributed by atoms with van der Waals surface area (Å²) < 4.78 is 5.89. The smallest absolute Gasteiger partial charge is 0.249 e. The Morgan fingerprint density at radius 2 is 2.00 bits per heavy atom. The van der Waals surface area contributed by atoms with Gasteiger partial charge in [-0.15, -0.1) is 0 Å². The molecule has 4 nitrogen and oxygen atoms in total. The van der Waals surface area contributed by atoms with Crippen LogP contribution in [0.2, 0.25) is 18.1 Å². The molecule has 0 spiro atoms. The highest BCUT2D eigenvalue weighted by Crippen LogP contribution is 2.36. The Labute approximate surface area is 106 Å². The summed E-state index contributed by atoms with van der Waals surface area (Å²) in [6.07, 6.45) is 5.58. The quantitative estimate of drug-likeness (QED) is 0.216. The van der Waals surface area contributed by atoms with Gasteiger partial charge in [0.1, 0.15) is 0 Å². The molecule has 0 unspecified atom stereocenters. The van der Waals surface area contributed by atoms with E-state index in [4.69, 9.17) is 9.96 Å². The molecular formula is C12H25N3OSi. The zero-order valence-corrected chi connectivity index (χ0v) is 12.9. The SMILES string of the molecule is C[C@H](CC/C=C\O[Si](C)(C)C(C)(C)C)N=[N+]=[N-]. The average Bonchev–Trinajstić information content (AvgIpc) is 2.15. The summed E-state index contributed by atoms with van der Waals surface area (Å²) in [5.74, 6) is 0. The van der Waals surface area contributed by atoms with E-state index in [0.29, 0.717) is 0 Å². The molecule has 0 amide bonds. The highest BCUT2D eigenvalue weighted by atomic mass is 28.4. The first-order chi connectivity index (χ1) is 7.70. The van der Waals surface area contributed by atoms with E-state index < -0.39 is 8.32 Å². The second kappa shape index (κ2) is 6.72. The standard InChI is InChI=1S/C12H25N3OSi/c1-11(14-15-13)9-7-8-10-16-17(5,6)12(2,3)4/h8,10-11H,7,9H2,1-6H3/b10-8-/t11-/m1/s1. The maximum absolute atomic E-state index is 8.26. The lowest BCUT2D eigenvalue weighted by Crippen LogP contribution is -2.39. The van der Waals surface area contributed by atoms with Gasteiger partial charge in [0.2, 0.25) is 8.32 Å². The van der Waals surface area contributed by atoms with Gasteiger partial charge in [-0.1, -0.05) is 38.9 Å². The van der Waals surface area contributed by atoms with Crippen molar-refractivity contribution in [1.29, 1.82) is 0 Å². The topological polar surface area (TPSA) is 58.0 Å². The van der Waals surface area contributed by atoms with E-state index >= 15 is 0 Å². The summed E-state index contributed by atoms with van der Waals surface area (Å²) >= 11 is 0. The third-order valence-electron chi connectivity index (χ3n) is 3.26. The Morgan fingerprint density at radius 3 is 2.47 bits per heavy atom. The Bertz CT molecular complexity index is 301. The molecular weight excluding hydrogens is 230 g/mol. The third kappa shape index (κ3) is 6.39. The van der Waals surface area contributed by atoms with Crippen LogP contribution in [-0.2, 0) is 4.43 Å². The summed E-state index contributed by atoms with van der Waals surface area (Å²) in [5.41, 5.74) is 8.26. The normalized spacial score (nSPS) is 14.5. The Balaban J connectivity index is 4.01. The lowest BCUT2D eigenvalue weighted by atomic mass is 10.2. The van der Waals surface area contributed by atoms with Crippen molar-refractivity contribution in [2.75, 3.05) is 0 Å². The molecule has 0 heterocycles. The number of nitrogens with zero attached hydrogens (tertiary/aromatic N) is 3. The van der Waals surface area contributed by atoms with Crippen molar-refractivity contribution in [3.63, 3.8) is 0 Å². The van der Waals surface area contributed by atoms with Crippen molar-refractivity contribution in [3.8, 4) is 0 Å². The number of allylic oxidation sites excluding steroid dienone is 1. The lowest BCUT2D eigenvalue weighted by Gasteiger charge is -2.34. The molecule has 0 aromatic heterocycles. The lowest BCUT2D eigenvalue weighted by molar-refractivity contribution is 0.427. The van der Waals surface area contributed by atoms with E-state index in [-0.39, 0.29) is 11.1 Å². The van der Waals surface area contributed by atoms with Crippen LogP contribution in [0, 0.1) is 0 Å². The number of hydrogen-bond donors (Lipinski definition) is 0. The maximum atomic E-state index is 8.26. The third-order valence-corrected chi connectivity index (χ3v) is 7.60. The van der Waals surface area contributed by atoms with Crippen LogP contribution in [0.4, 0.5) is 0 Å². The first-order valence-corrected chi connectivity index (χ1v) is 8.98. The Morgan fingerprint density at radius 1 is 1.41 bits per heavy atom. The molecule has 0 rings (SSSR count). The highest BCUT2D eigenvalue weighted by Gasteiger charge is 2.37. The van der Waals surface area contributed by atoms with Crippen LogP contribution in [0.5, 0.6) is 0 Å². The van der Waals surface area contributed by atoms with Gasteiger partial charge in [-0.05, 0) is 36.5 Å². The fourth-order valence-electron chi connectivity index (χ4n) is 0.946. The number of azide groups is 1. The molecule has 0 saturated carbocycles. The molecule has 17 heavy (non-hydrogen) atoms. The molecule has 0 aliphatic heterocycles. The van der Waals surface area contributed by atoms with Crippen LogP contribution < -0.4 is 0 Å². The zero-order chi connectivity index (χ0) is 13.5. The molecule has 0 saturated heterocycles. The molecule has 0 aliphatic carbocycles. The second-order valence-corrected chi connectivity index (χ2v) is 10.6. The van der Waals surface area contributed by atoms with Gasteiger partial charge < -0.3 is 4.43 Å². The van der Waals surface area contributed by atoms with Gasteiger partial charge in [-0.3, -0.25) is 0 Å². The monoisotopic (exact) mass is 255 g/mol. The molecule has 0 N–H and O–H groups in total. The van der Waals surface area contributed by atoms with Crippen molar-refractivity contribution in [1.82, 2.24) is 0 Å². The Kier molecular flexibility index (Phi) is 6.35. The van der Waals surface area contributed by atoms with Gasteiger partial charge in [0.05, 0.1) is 6.26 Å². The van der Waals surface area contributed by atoms with Gasteiger partial charge in [-0.2, -0.15) is 0 Å². The van der Waals surface area contributed by atoms with Crippen LogP contribution in [0.1, 0.15) is 40.5 Å². The van der Waals surface area contributed by atoms with Gasteiger partial charge in [-0.25, -0.2) is 0 Å². The van der Waals surface area contributed by atoms with Crippen molar-refractivity contribution in [3.05, 3.63) is 22.8 Å². The zero-order valence-electron chi connectivity index (χ0n) is 11.9. The number of hydrogen-bond acceptors (Lipinski definition) is 2. The van der Waals surface area contributed by atoms with Gasteiger partial charge in [0.25, 0.3) is 0 Å². The van der Waals surface area contributed by atoms with Gasteiger partial charge in [0.15, 0.2) is 0 Å². The summed E-state index contributed by atoms with van der Waals surface area (Å²) in [7, 11) is -1.67. The predicted octanol–water partition coefficient (Wildman–Crippen LogP) is 5.00. The van der Waals surface area contributed by atoms with Crippen molar-refractivity contribution in [2.24, 2.45) is 5.11 Å². The minimum Gasteiger partial charge on any atom is -0.549 e. The van der Waals surface area contributed by atoms with Crippen LogP contribution in [0.3, 0.4) is 0 Å². The fourth-order valence-corrected chi connectivity index (χ4v) is 1.74. The van der Waals surface area contributed by atoms with E-state index in [1.807, 2.05) is 19.3 Å². The summed E-state index contributed by atoms with van der Waals surface area (Å²) in [6.45, 7) is 13.0. The van der Waals surface area contributed by atoms with Crippen molar-refractivity contribution < 1.29 is 4.43 Å². The minimum absolute atomic E-state index is 0.0533. The van der Waals surface area contributed by atoms with Crippen LogP contribution >= 0.6 is 0 Å². The average molecular weight is 255 g/mol. The molecule has 0 aromatic rings. The van der Waals surface area contributed by atoms with Crippen LogP contribution in [0.25, 0.3) is 10.4 Å². The molecule has 0 aromatic carbocycles. The molecule has 0 radical (unpaired) electrons. The molecule has 5 heteroatoms. The largest absolute Gasteiger partial charge is 0.549 e. The van der Waals surface area contributed by atoms with Crippen LogP contribution in [-0.4, -0.2) is 14.4 Å². The molecule has 98 valence electrons. The first kappa shape index (κ1) is 16.1. The van der Waals surface area contributed by atoms with Gasteiger partial charge >= 0.3 is 0 Å². The first-order valence-electron chi connectivity index (χ1n) is 6.08. The second-order valence-electron chi connectivity index (χ2n) is 5.88. The summed E-state index contributed by atoms with van der Waals surface area (Å²) in [6, 6.07) is 0.0533. The van der Waals surface area contributed by atoms with Crippen LogP contribution in [0.15, 0.2) is 17.5 Å². The molecule has 0 aliphatic rings. The van der Waals surface area contributed by atoms with E-state index in [1.54, 1.807) is 0 Å². The van der Waals surface area contributed by atoms with E-state index in [2.05, 4.69) is 43.9 Å².